The molecule has 4 aromatic rings. The summed E-state index contributed by atoms with van der Waals surface area (Å²) in [5.74, 6) is -0.0267. The number of esters is 1. The van der Waals surface area contributed by atoms with Gasteiger partial charge in [0.25, 0.3) is 5.56 Å². The zero-order valence-corrected chi connectivity index (χ0v) is 28.7. The van der Waals surface area contributed by atoms with Crippen LogP contribution in [0.25, 0.3) is 6.08 Å². The molecule has 0 aliphatic carbocycles. The maximum Gasteiger partial charge on any atom is 0.338 e. The number of hydrogen-bond acceptors (Lipinski definition) is 9. The molecule has 10 nitrogen and oxygen atoms in total. The van der Waals surface area contributed by atoms with Crippen molar-refractivity contribution in [1.29, 1.82) is 0 Å². The van der Waals surface area contributed by atoms with Gasteiger partial charge in [-0.05, 0) is 103 Å². The molecule has 0 saturated carbocycles. The number of carbonyl (C=O) groups excluding carboxylic acids is 1. The van der Waals surface area contributed by atoms with Gasteiger partial charge in [-0.25, -0.2) is 14.6 Å². The smallest absolute Gasteiger partial charge is 0.338 e. The van der Waals surface area contributed by atoms with Crippen LogP contribution in [0.2, 0.25) is 0 Å². The number of ether oxygens (including phenoxy) is 4. The van der Waals surface area contributed by atoms with Crippen LogP contribution in [-0.4, -0.2) is 41.9 Å². The molecule has 0 amide bonds. The second kappa shape index (κ2) is 13.9. The highest BCUT2D eigenvalue weighted by molar-refractivity contribution is 14.1. The largest absolute Gasteiger partial charge is 0.497 e. The Kier molecular flexibility index (Phi) is 9.97. The summed E-state index contributed by atoms with van der Waals surface area (Å²) in [6.07, 6.45) is 1.39. The molecule has 12 heteroatoms. The van der Waals surface area contributed by atoms with Gasteiger partial charge in [0.05, 0.1) is 51.3 Å². The quantitative estimate of drug-likeness (QED) is 0.176. The Morgan fingerprint density at radius 1 is 1.09 bits per heavy atom. The van der Waals surface area contributed by atoms with Crippen molar-refractivity contribution >= 4 is 51.9 Å². The summed E-state index contributed by atoms with van der Waals surface area (Å²) in [5, 5.41) is 9.30. The fourth-order valence-corrected chi connectivity index (χ4v) is 6.88. The van der Waals surface area contributed by atoms with Crippen LogP contribution in [0.1, 0.15) is 53.9 Å². The topological polar surface area (TPSA) is 126 Å². The summed E-state index contributed by atoms with van der Waals surface area (Å²) in [5.41, 5.74) is 2.69. The number of nitrogens with zero attached hydrogens (tertiary/aromatic N) is 2. The Balaban J connectivity index is 1.56. The number of aromatic carboxylic acids is 1. The molecule has 1 aliphatic rings. The number of thiazole rings is 1. The fraction of sp³-hybridized carbons (Fsp3) is 0.235. The van der Waals surface area contributed by atoms with E-state index in [1.54, 1.807) is 70.4 Å². The van der Waals surface area contributed by atoms with E-state index in [9.17, 15) is 19.5 Å². The van der Waals surface area contributed by atoms with E-state index in [1.165, 1.54) is 29.1 Å². The predicted molar refractivity (Wildman–Crippen MR) is 181 cm³/mol. The van der Waals surface area contributed by atoms with Crippen molar-refractivity contribution < 1.29 is 33.6 Å². The minimum absolute atomic E-state index is 0.136. The number of hydrogen-bond donors (Lipinski definition) is 1. The standard InChI is InChI=1S/C34H31IN2O8S/c1-18(2)45-33(41)28-19(3)36-34-37(29(28)22-9-7-11-24(16-22)42-4)31(38)27(46-34)15-21-13-25(35)30(26(14-21)43-5)44-17-20-8-6-10-23(12-20)32(39)40/h6-16,18,29H,17H2,1-5H3,(H,39,40)/b27-15+/t29-/m0/s1. The number of rotatable bonds is 10. The molecule has 3 aromatic carbocycles. The monoisotopic (exact) mass is 754 g/mol. The molecule has 0 saturated heterocycles. The summed E-state index contributed by atoms with van der Waals surface area (Å²) in [6.45, 7) is 5.42. The summed E-state index contributed by atoms with van der Waals surface area (Å²) < 4.78 is 25.4. The maximum atomic E-state index is 14.1. The highest BCUT2D eigenvalue weighted by atomic mass is 127. The molecule has 5 rings (SSSR count). The number of allylic oxidation sites excluding steroid dienone is 1. The van der Waals surface area contributed by atoms with Gasteiger partial charge in [0, 0.05) is 0 Å². The lowest BCUT2D eigenvalue weighted by Crippen LogP contribution is -2.40. The summed E-state index contributed by atoms with van der Waals surface area (Å²) >= 11 is 3.35. The lowest BCUT2D eigenvalue weighted by molar-refractivity contribution is -0.143. The number of carbonyl (C=O) groups is 2. The molecule has 0 unspecified atom stereocenters. The Morgan fingerprint density at radius 2 is 1.85 bits per heavy atom. The lowest BCUT2D eigenvalue weighted by Gasteiger charge is -2.25. The predicted octanol–water partition coefficient (Wildman–Crippen LogP) is 5.09. The average molecular weight is 755 g/mol. The van der Waals surface area contributed by atoms with Crippen LogP contribution in [0.3, 0.4) is 0 Å². The Hall–Kier alpha value is -4.43. The van der Waals surface area contributed by atoms with Gasteiger partial charge in [-0.3, -0.25) is 9.36 Å². The third kappa shape index (κ3) is 6.87. The molecule has 0 bridgehead atoms. The van der Waals surface area contributed by atoms with Gasteiger partial charge < -0.3 is 24.1 Å². The van der Waals surface area contributed by atoms with Crippen molar-refractivity contribution in [3.05, 3.63) is 117 Å². The van der Waals surface area contributed by atoms with Crippen molar-refractivity contribution in [2.24, 2.45) is 4.99 Å². The van der Waals surface area contributed by atoms with Gasteiger partial charge in [-0.2, -0.15) is 0 Å². The van der Waals surface area contributed by atoms with Gasteiger partial charge in [0.1, 0.15) is 12.4 Å². The molecule has 2 heterocycles. The summed E-state index contributed by atoms with van der Waals surface area (Å²) in [6, 6.07) is 16.6. The zero-order valence-electron chi connectivity index (χ0n) is 25.7. The normalized spacial score (nSPS) is 14.5. The average Bonchev–Trinajstić information content (AvgIpc) is 3.32. The van der Waals surface area contributed by atoms with Crippen LogP contribution >= 0.6 is 33.9 Å². The van der Waals surface area contributed by atoms with Crippen LogP contribution in [0.5, 0.6) is 17.2 Å². The molecule has 1 atom stereocenters. The van der Waals surface area contributed by atoms with E-state index in [1.807, 2.05) is 18.2 Å². The minimum Gasteiger partial charge on any atom is -0.497 e. The molecule has 1 N–H and O–H groups in total. The first kappa shape index (κ1) is 32.9. The number of benzene rings is 3. The molecule has 0 fully saturated rings. The number of carboxylic acids is 1. The number of aromatic nitrogens is 1. The van der Waals surface area contributed by atoms with E-state index < -0.39 is 18.0 Å². The van der Waals surface area contributed by atoms with E-state index in [-0.39, 0.29) is 29.4 Å². The number of carboxylic acid groups (broad SMARTS) is 1. The van der Waals surface area contributed by atoms with Crippen LogP contribution in [0, 0.1) is 3.57 Å². The highest BCUT2D eigenvalue weighted by Crippen LogP contribution is 2.35. The van der Waals surface area contributed by atoms with Crippen LogP contribution in [0.4, 0.5) is 0 Å². The molecule has 46 heavy (non-hydrogen) atoms. The van der Waals surface area contributed by atoms with E-state index in [4.69, 9.17) is 18.9 Å². The second-order valence-electron chi connectivity index (χ2n) is 10.6. The van der Waals surface area contributed by atoms with E-state index >= 15 is 0 Å². The van der Waals surface area contributed by atoms with Gasteiger partial charge >= 0.3 is 11.9 Å². The van der Waals surface area contributed by atoms with E-state index in [0.717, 1.165) is 3.57 Å². The molecular weight excluding hydrogens is 723 g/mol. The van der Waals surface area contributed by atoms with Crippen LogP contribution < -0.4 is 29.1 Å². The molecule has 0 spiro atoms. The van der Waals surface area contributed by atoms with Crippen LogP contribution in [-0.2, 0) is 16.1 Å². The summed E-state index contributed by atoms with van der Waals surface area (Å²) in [7, 11) is 3.08. The van der Waals surface area contributed by atoms with Crippen molar-refractivity contribution in [2.45, 2.75) is 39.5 Å². The first-order valence-corrected chi connectivity index (χ1v) is 16.1. The van der Waals surface area contributed by atoms with Crippen molar-refractivity contribution in [3.8, 4) is 17.2 Å². The summed E-state index contributed by atoms with van der Waals surface area (Å²) in [4.78, 5) is 43.9. The Labute approximate surface area is 282 Å². The zero-order chi connectivity index (χ0) is 33.1. The highest BCUT2D eigenvalue weighted by Gasteiger charge is 2.34. The van der Waals surface area contributed by atoms with E-state index in [2.05, 4.69) is 27.6 Å². The molecule has 0 radical (unpaired) electrons. The Bertz CT molecular complexity index is 2050. The lowest BCUT2D eigenvalue weighted by atomic mass is 9.95. The SMILES string of the molecule is COc1cccc([C@H]2C(C(=O)OC(C)C)=C(C)N=c3s/c(=C/c4cc(I)c(OCc5cccc(C(=O)O)c5)c(OC)c4)c(=O)n32)c1. The maximum absolute atomic E-state index is 14.1. The van der Waals surface area contributed by atoms with Gasteiger partial charge in [-0.1, -0.05) is 35.6 Å². The number of methoxy groups -OCH3 is 2. The van der Waals surface area contributed by atoms with Crippen molar-refractivity contribution in [1.82, 2.24) is 4.57 Å². The fourth-order valence-electron chi connectivity index (χ4n) is 5.05. The molecular formula is C34H31IN2O8S. The van der Waals surface area contributed by atoms with Gasteiger partial charge in [0.15, 0.2) is 16.3 Å². The first-order valence-electron chi connectivity index (χ1n) is 14.2. The molecule has 238 valence electrons. The van der Waals surface area contributed by atoms with E-state index in [0.29, 0.717) is 49.0 Å². The molecule has 1 aromatic heterocycles. The molecule has 1 aliphatic heterocycles. The number of fused-ring (bicyclic) bond motifs is 1. The van der Waals surface area contributed by atoms with Gasteiger partial charge in [-0.15, -0.1) is 0 Å². The van der Waals surface area contributed by atoms with Crippen molar-refractivity contribution in [2.75, 3.05) is 14.2 Å². The third-order valence-corrected chi connectivity index (χ3v) is 8.88. The van der Waals surface area contributed by atoms with Crippen LogP contribution in [0.15, 0.2) is 81.7 Å². The van der Waals surface area contributed by atoms with Crippen molar-refractivity contribution in [3.63, 3.8) is 0 Å². The minimum atomic E-state index is -1.01. The second-order valence-corrected chi connectivity index (χ2v) is 12.8. The first-order chi connectivity index (χ1) is 22.0. The van der Waals surface area contributed by atoms with Gasteiger partial charge in [0.2, 0.25) is 0 Å². The number of halogens is 1. The third-order valence-electron chi connectivity index (χ3n) is 7.10. The Morgan fingerprint density at radius 3 is 2.54 bits per heavy atom.